The molecule has 2 aromatic carbocycles. The van der Waals surface area contributed by atoms with Crippen LogP contribution in [0.2, 0.25) is 0 Å². The van der Waals surface area contributed by atoms with E-state index in [-0.39, 0.29) is 17.4 Å². The summed E-state index contributed by atoms with van der Waals surface area (Å²) in [5.41, 5.74) is 1.68. The smallest absolute Gasteiger partial charge is 0.243 e. The molecule has 1 atom stereocenters. The number of nitrogens with zero attached hydrogens (tertiary/aromatic N) is 1. The van der Waals surface area contributed by atoms with E-state index in [2.05, 4.69) is 0 Å². The molecule has 1 aliphatic heterocycles. The van der Waals surface area contributed by atoms with Crippen molar-refractivity contribution in [2.45, 2.75) is 24.2 Å². The van der Waals surface area contributed by atoms with E-state index in [0.29, 0.717) is 30.0 Å². The van der Waals surface area contributed by atoms with Crippen LogP contribution < -0.4 is 0 Å². The highest BCUT2D eigenvalue weighted by molar-refractivity contribution is 7.89. The average Bonchev–Trinajstić information content (AvgIpc) is 2.98. The topological polar surface area (TPSA) is 77.8 Å². The molecule has 2 N–H and O–H groups in total. The fourth-order valence-electron chi connectivity index (χ4n) is 2.94. The molecule has 1 saturated heterocycles. The minimum absolute atomic E-state index is 0.00424. The van der Waals surface area contributed by atoms with Crippen molar-refractivity contribution in [3.63, 3.8) is 0 Å². The van der Waals surface area contributed by atoms with E-state index < -0.39 is 10.0 Å². The van der Waals surface area contributed by atoms with E-state index in [1.54, 1.807) is 30.3 Å². The van der Waals surface area contributed by atoms with Gasteiger partial charge in [-0.15, -0.1) is 0 Å². The molecule has 0 bridgehead atoms. The second-order valence-corrected chi connectivity index (χ2v) is 7.84. The van der Waals surface area contributed by atoms with Gasteiger partial charge in [-0.3, -0.25) is 0 Å². The van der Waals surface area contributed by atoms with Gasteiger partial charge in [0.1, 0.15) is 11.5 Å². The van der Waals surface area contributed by atoms with Crippen molar-refractivity contribution in [3.05, 3.63) is 53.6 Å². The molecule has 0 aromatic heterocycles. The third-order valence-corrected chi connectivity index (χ3v) is 6.14. The molecular weight excluding hydrogens is 314 g/mol. The van der Waals surface area contributed by atoms with E-state index >= 15 is 0 Å². The first-order valence-electron chi connectivity index (χ1n) is 7.46. The maximum atomic E-state index is 12.7. The molecule has 1 aliphatic rings. The second-order valence-electron chi connectivity index (χ2n) is 5.90. The van der Waals surface area contributed by atoms with Gasteiger partial charge in [-0.2, -0.15) is 4.31 Å². The molecule has 2 aromatic rings. The molecule has 23 heavy (non-hydrogen) atoms. The molecule has 0 amide bonds. The molecule has 0 spiro atoms. The quantitative estimate of drug-likeness (QED) is 0.905. The number of sulfonamides is 1. The first-order valence-corrected chi connectivity index (χ1v) is 8.90. The lowest BCUT2D eigenvalue weighted by Gasteiger charge is -2.17. The molecule has 1 fully saturated rings. The van der Waals surface area contributed by atoms with Gasteiger partial charge in [-0.1, -0.05) is 23.8 Å². The van der Waals surface area contributed by atoms with E-state index in [4.69, 9.17) is 0 Å². The summed E-state index contributed by atoms with van der Waals surface area (Å²) < 4.78 is 26.8. The van der Waals surface area contributed by atoms with Crippen molar-refractivity contribution >= 4 is 10.0 Å². The van der Waals surface area contributed by atoms with Gasteiger partial charge in [0, 0.05) is 25.1 Å². The first kappa shape index (κ1) is 15.8. The Kier molecular flexibility index (Phi) is 4.04. The first-order chi connectivity index (χ1) is 10.9. The van der Waals surface area contributed by atoms with Crippen molar-refractivity contribution in [1.82, 2.24) is 4.31 Å². The van der Waals surface area contributed by atoms with Crippen molar-refractivity contribution in [3.8, 4) is 11.5 Å². The standard InChI is InChI=1S/C17H19NO4S/c1-12-2-5-15(6-3-12)23(21,22)18-9-8-13(11-18)16-7-4-14(19)10-17(16)20/h2-7,10,13,19-20H,8-9,11H2,1H3. The number of aromatic hydroxyl groups is 2. The van der Waals surface area contributed by atoms with Crippen LogP contribution in [-0.2, 0) is 10.0 Å². The second kappa shape index (κ2) is 5.86. The number of benzene rings is 2. The van der Waals surface area contributed by atoms with E-state index in [1.807, 2.05) is 6.92 Å². The van der Waals surface area contributed by atoms with E-state index in [0.717, 1.165) is 5.56 Å². The van der Waals surface area contributed by atoms with Crippen LogP contribution in [0.15, 0.2) is 47.4 Å². The average molecular weight is 333 g/mol. The Morgan fingerprint density at radius 2 is 1.78 bits per heavy atom. The summed E-state index contributed by atoms with van der Waals surface area (Å²) in [5, 5.41) is 19.3. The predicted octanol–water partition coefficient (Wildman–Crippen LogP) is 2.58. The number of phenols is 2. The summed E-state index contributed by atoms with van der Waals surface area (Å²) in [5.74, 6) is -0.0752. The van der Waals surface area contributed by atoms with Gasteiger partial charge in [0.15, 0.2) is 0 Å². The third-order valence-electron chi connectivity index (χ3n) is 4.26. The minimum Gasteiger partial charge on any atom is -0.508 e. The maximum absolute atomic E-state index is 12.7. The van der Waals surface area contributed by atoms with E-state index in [1.165, 1.54) is 16.4 Å². The zero-order chi connectivity index (χ0) is 16.6. The lowest BCUT2D eigenvalue weighted by atomic mass is 9.97. The summed E-state index contributed by atoms with van der Waals surface area (Å²) in [6.45, 7) is 2.66. The Morgan fingerprint density at radius 1 is 1.09 bits per heavy atom. The van der Waals surface area contributed by atoms with Gasteiger partial charge in [0.05, 0.1) is 4.90 Å². The normalized spacial score (nSPS) is 19.1. The molecule has 122 valence electrons. The van der Waals surface area contributed by atoms with Crippen molar-refractivity contribution in [2.24, 2.45) is 0 Å². The summed E-state index contributed by atoms with van der Waals surface area (Å²) in [7, 11) is -3.52. The SMILES string of the molecule is Cc1ccc(S(=O)(=O)N2CCC(c3ccc(O)cc3O)C2)cc1. The zero-order valence-corrected chi connectivity index (χ0v) is 13.6. The van der Waals surface area contributed by atoms with Crippen LogP contribution in [0.25, 0.3) is 0 Å². The van der Waals surface area contributed by atoms with Gasteiger partial charge in [-0.25, -0.2) is 8.42 Å². The maximum Gasteiger partial charge on any atom is 0.243 e. The Balaban J connectivity index is 1.83. The van der Waals surface area contributed by atoms with Crippen molar-refractivity contribution < 1.29 is 18.6 Å². The largest absolute Gasteiger partial charge is 0.508 e. The molecule has 1 heterocycles. The van der Waals surface area contributed by atoms with Gasteiger partial charge in [0.2, 0.25) is 10.0 Å². The van der Waals surface area contributed by atoms with Crippen LogP contribution >= 0.6 is 0 Å². The third kappa shape index (κ3) is 3.04. The molecule has 5 nitrogen and oxygen atoms in total. The highest BCUT2D eigenvalue weighted by Crippen LogP contribution is 2.36. The number of rotatable bonds is 3. The van der Waals surface area contributed by atoms with E-state index in [9.17, 15) is 18.6 Å². The summed E-state index contributed by atoms with van der Waals surface area (Å²) >= 11 is 0. The zero-order valence-electron chi connectivity index (χ0n) is 12.8. The van der Waals surface area contributed by atoms with Crippen LogP contribution in [0.5, 0.6) is 11.5 Å². The molecule has 6 heteroatoms. The Labute approximate surface area is 135 Å². The fraction of sp³-hybridized carbons (Fsp3) is 0.294. The fourth-order valence-corrected chi connectivity index (χ4v) is 4.44. The summed E-state index contributed by atoms with van der Waals surface area (Å²) in [6.07, 6.45) is 0.642. The minimum atomic E-state index is -3.52. The molecule has 0 saturated carbocycles. The Hall–Kier alpha value is -2.05. The Morgan fingerprint density at radius 3 is 2.43 bits per heavy atom. The number of aryl methyl sites for hydroxylation is 1. The number of hydrogen-bond donors (Lipinski definition) is 2. The summed E-state index contributed by atoms with van der Waals surface area (Å²) in [4.78, 5) is 0.290. The lowest BCUT2D eigenvalue weighted by molar-refractivity contribution is 0.438. The highest BCUT2D eigenvalue weighted by Gasteiger charge is 2.34. The van der Waals surface area contributed by atoms with Crippen LogP contribution in [0.3, 0.4) is 0 Å². The van der Waals surface area contributed by atoms with Crippen LogP contribution in [0, 0.1) is 6.92 Å². The lowest BCUT2D eigenvalue weighted by Crippen LogP contribution is -2.28. The summed E-state index contributed by atoms with van der Waals surface area (Å²) in [6, 6.07) is 11.3. The van der Waals surface area contributed by atoms with Crippen molar-refractivity contribution in [1.29, 1.82) is 0 Å². The van der Waals surface area contributed by atoms with Crippen molar-refractivity contribution in [2.75, 3.05) is 13.1 Å². The number of hydrogen-bond acceptors (Lipinski definition) is 4. The van der Waals surface area contributed by atoms with Crippen LogP contribution in [-0.4, -0.2) is 36.0 Å². The van der Waals surface area contributed by atoms with Gasteiger partial charge < -0.3 is 10.2 Å². The van der Waals surface area contributed by atoms with Gasteiger partial charge >= 0.3 is 0 Å². The highest BCUT2D eigenvalue weighted by atomic mass is 32.2. The van der Waals surface area contributed by atoms with Crippen LogP contribution in [0.4, 0.5) is 0 Å². The number of phenolic OH excluding ortho intramolecular Hbond substituents is 2. The predicted molar refractivity (Wildman–Crippen MR) is 87.1 cm³/mol. The Bertz CT molecular complexity index is 815. The molecule has 0 radical (unpaired) electrons. The van der Waals surface area contributed by atoms with Gasteiger partial charge in [-0.05, 0) is 37.1 Å². The van der Waals surface area contributed by atoms with Crippen LogP contribution in [0.1, 0.15) is 23.5 Å². The monoisotopic (exact) mass is 333 g/mol. The molecular formula is C17H19NO4S. The van der Waals surface area contributed by atoms with Gasteiger partial charge in [0.25, 0.3) is 0 Å². The molecule has 3 rings (SSSR count). The molecule has 0 aliphatic carbocycles. The molecule has 1 unspecified atom stereocenters.